The number of nitro groups is 1. The van der Waals surface area contributed by atoms with Gasteiger partial charge in [0.05, 0.1) is 23.8 Å². The molecule has 0 aliphatic carbocycles. The first-order valence-corrected chi connectivity index (χ1v) is 7.61. The minimum atomic E-state index is -0.750. The Balaban J connectivity index is 2.04. The van der Waals surface area contributed by atoms with Crippen molar-refractivity contribution in [3.63, 3.8) is 0 Å². The predicted octanol–water partition coefficient (Wildman–Crippen LogP) is 2.26. The number of methoxy groups -OCH3 is 1. The number of hydrogen-bond donors (Lipinski definition) is 1. The van der Waals surface area contributed by atoms with Gasteiger partial charge in [0, 0.05) is 0 Å². The molecule has 0 aliphatic rings. The average Bonchev–Trinajstić information content (AvgIpc) is 3.00. The molecular weight excluding hydrogens is 346 g/mol. The molecule has 0 unspecified atom stereocenters. The Labute approximate surface area is 148 Å². The molecule has 26 heavy (non-hydrogen) atoms. The van der Waals surface area contributed by atoms with Gasteiger partial charge < -0.3 is 19.3 Å². The maximum atomic E-state index is 12.1. The molecule has 10 heteroatoms. The minimum absolute atomic E-state index is 0.0349. The van der Waals surface area contributed by atoms with Crippen LogP contribution in [0.5, 0.6) is 5.75 Å². The largest absolute Gasteiger partial charge is 0.496 e. The molecule has 138 valence electrons. The van der Waals surface area contributed by atoms with Crippen molar-refractivity contribution < 1.29 is 28.5 Å². The van der Waals surface area contributed by atoms with Gasteiger partial charge in [-0.1, -0.05) is 12.1 Å². The number of benzene rings is 1. The molecule has 1 aromatic carbocycles. The first-order valence-electron chi connectivity index (χ1n) is 7.61. The van der Waals surface area contributed by atoms with Crippen molar-refractivity contribution in [2.45, 2.75) is 20.3 Å². The number of aromatic nitrogens is 1. The van der Waals surface area contributed by atoms with Crippen molar-refractivity contribution >= 4 is 23.3 Å². The molecule has 0 saturated heterocycles. The fourth-order valence-electron chi connectivity index (χ4n) is 2.21. The molecule has 10 nitrogen and oxygen atoms in total. The molecule has 0 aliphatic heterocycles. The van der Waals surface area contributed by atoms with Crippen LogP contribution in [0.3, 0.4) is 0 Å². The summed E-state index contributed by atoms with van der Waals surface area (Å²) in [5.74, 6) is -0.909. The smallest absolute Gasteiger partial charge is 0.344 e. The number of rotatable bonds is 7. The van der Waals surface area contributed by atoms with E-state index in [4.69, 9.17) is 14.0 Å². The van der Waals surface area contributed by atoms with Crippen molar-refractivity contribution in [3.8, 4) is 5.75 Å². The number of nitrogens with zero attached hydrogens (tertiary/aromatic N) is 2. The summed E-state index contributed by atoms with van der Waals surface area (Å²) in [4.78, 5) is 34.5. The number of aryl methyl sites for hydroxylation is 2. The van der Waals surface area contributed by atoms with Crippen LogP contribution in [0.25, 0.3) is 0 Å². The highest BCUT2D eigenvalue weighted by atomic mass is 16.6. The lowest BCUT2D eigenvalue weighted by Crippen LogP contribution is -2.22. The number of anilines is 1. The van der Waals surface area contributed by atoms with Gasteiger partial charge in [-0.2, -0.15) is 0 Å². The number of nitrogens with one attached hydrogen (secondary N) is 1. The van der Waals surface area contributed by atoms with Crippen molar-refractivity contribution in [1.29, 1.82) is 0 Å². The number of ether oxygens (including phenoxy) is 2. The lowest BCUT2D eigenvalue weighted by molar-refractivity contribution is -0.384. The van der Waals surface area contributed by atoms with Crippen LogP contribution >= 0.6 is 0 Å². The number of carbonyl (C=O) groups is 2. The highest BCUT2D eigenvalue weighted by Gasteiger charge is 2.22. The van der Waals surface area contributed by atoms with Crippen LogP contribution in [0.4, 0.5) is 11.4 Å². The summed E-state index contributed by atoms with van der Waals surface area (Å²) in [6.45, 7) is 2.74. The Morgan fingerprint density at radius 3 is 2.73 bits per heavy atom. The monoisotopic (exact) mass is 363 g/mol. The third kappa shape index (κ3) is 4.15. The molecule has 0 bridgehead atoms. The molecule has 1 N–H and O–H groups in total. The van der Waals surface area contributed by atoms with E-state index >= 15 is 0 Å². The number of esters is 1. The van der Waals surface area contributed by atoms with Crippen LogP contribution in [0.2, 0.25) is 0 Å². The molecule has 0 spiro atoms. The van der Waals surface area contributed by atoms with Crippen LogP contribution in [-0.2, 0) is 16.0 Å². The standard InChI is InChI=1S/C16H17N3O7/c1-4-11-15(9(2)26-18-11)16(21)25-8-14(20)17-12-6-5-10(24-3)7-13(12)19(22)23/h5-7H,4,8H2,1-3H3,(H,17,20). The van der Waals surface area contributed by atoms with Gasteiger partial charge in [0.1, 0.15) is 22.8 Å². The molecule has 0 fully saturated rings. The minimum Gasteiger partial charge on any atom is -0.496 e. The van der Waals surface area contributed by atoms with E-state index in [0.29, 0.717) is 12.1 Å². The Bertz CT molecular complexity index is 844. The number of hydrogen-bond acceptors (Lipinski definition) is 8. The van der Waals surface area contributed by atoms with Crippen LogP contribution < -0.4 is 10.1 Å². The Morgan fingerprint density at radius 2 is 2.12 bits per heavy atom. The van der Waals surface area contributed by atoms with E-state index in [9.17, 15) is 19.7 Å². The SMILES string of the molecule is CCc1noc(C)c1C(=O)OCC(=O)Nc1ccc(OC)cc1[N+](=O)[O-]. The first-order chi connectivity index (χ1) is 12.4. The molecule has 2 rings (SSSR count). The topological polar surface area (TPSA) is 134 Å². The summed E-state index contributed by atoms with van der Waals surface area (Å²) in [7, 11) is 1.37. The van der Waals surface area contributed by atoms with E-state index in [1.54, 1.807) is 13.8 Å². The molecule has 1 aromatic heterocycles. The second-order valence-corrected chi connectivity index (χ2v) is 5.18. The van der Waals surface area contributed by atoms with E-state index in [0.717, 1.165) is 0 Å². The van der Waals surface area contributed by atoms with Gasteiger partial charge >= 0.3 is 5.97 Å². The highest BCUT2D eigenvalue weighted by Crippen LogP contribution is 2.28. The van der Waals surface area contributed by atoms with Gasteiger partial charge in [0.2, 0.25) is 0 Å². The summed E-state index contributed by atoms with van der Waals surface area (Å²) in [6.07, 6.45) is 0.464. The number of amides is 1. The molecular formula is C16H17N3O7. The van der Waals surface area contributed by atoms with Crippen LogP contribution in [0, 0.1) is 17.0 Å². The van der Waals surface area contributed by atoms with E-state index in [1.807, 2.05) is 0 Å². The third-order valence-electron chi connectivity index (χ3n) is 3.48. The fraction of sp³-hybridized carbons (Fsp3) is 0.312. The Kier molecular flexibility index (Phi) is 5.89. The predicted molar refractivity (Wildman–Crippen MR) is 89.2 cm³/mol. The molecule has 2 aromatic rings. The van der Waals surface area contributed by atoms with Crippen molar-refractivity contribution in [2.75, 3.05) is 19.0 Å². The Morgan fingerprint density at radius 1 is 1.38 bits per heavy atom. The van der Waals surface area contributed by atoms with E-state index in [-0.39, 0.29) is 28.4 Å². The summed E-state index contributed by atoms with van der Waals surface area (Å²) >= 11 is 0. The fourth-order valence-corrected chi connectivity index (χ4v) is 2.21. The summed E-state index contributed by atoms with van der Waals surface area (Å²) in [6, 6.07) is 3.97. The molecule has 1 amide bonds. The maximum Gasteiger partial charge on any atom is 0.344 e. The van der Waals surface area contributed by atoms with Crippen LogP contribution in [0.1, 0.15) is 28.7 Å². The van der Waals surface area contributed by atoms with Gasteiger partial charge in [0.25, 0.3) is 11.6 Å². The number of nitro benzene ring substituents is 1. The zero-order valence-electron chi connectivity index (χ0n) is 14.4. The summed E-state index contributed by atoms with van der Waals surface area (Å²) in [5, 5.41) is 17.2. The van der Waals surface area contributed by atoms with Gasteiger partial charge in [-0.3, -0.25) is 14.9 Å². The van der Waals surface area contributed by atoms with Gasteiger partial charge in [-0.25, -0.2) is 4.79 Å². The van der Waals surface area contributed by atoms with E-state index < -0.39 is 23.4 Å². The second-order valence-electron chi connectivity index (χ2n) is 5.18. The zero-order valence-corrected chi connectivity index (χ0v) is 14.4. The quantitative estimate of drug-likeness (QED) is 0.450. The normalized spacial score (nSPS) is 10.3. The zero-order chi connectivity index (χ0) is 19.3. The summed E-state index contributed by atoms with van der Waals surface area (Å²) < 4.78 is 14.8. The molecule has 1 heterocycles. The lowest BCUT2D eigenvalue weighted by Gasteiger charge is -2.08. The van der Waals surface area contributed by atoms with Gasteiger partial charge in [0.15, 0.2) is 6.61 Å². The van der Waals surface area contributed by atoms with Gasteiger partial charge in [-0.15, -0.1) is 0 Å². The first kappa shape index (κ1) is 18.9. The number of carbonyl (C=O) groups excluding carboxylic acids is 2. The maximum absolute atomic E-state index is 12.1. The van der Waals surface area contributed by atoms with Crippen molar-refractivity contribution in [3.05, 3.63) is 45.3 Å². The van der Waals surface area contributed by atoms with Crippen molar-refractivity contribution in [1.82, 2.24) is 5.16 Å². The molecule has 0 atom stereocenters. The summed E-state index contributed by atoms with van der Waals surface area (Å²) in [5.41, 5.74) is 0.230. The average molecular weight is 363 g/mol. The van der Waals surface area contributed by atoms with Crippen LogP contribution in [-0.4, -0.2) is 35.7 Å². The van der Waals surface area contributed by atoms with E-state index in [1.165, 1.54) is 25.3 Å². The van der Waals surface area contributed by atoms with Crippen LogP contribution in [0.15, 0.2) is 22.7 Å². The second kappa shape index (κ2) is 8.10. The van der Waals surface area contributed by atoms with Gasteiger partial charge in [-0.05, 0) is 25.5 Å². The molecule has 0 saturated carbocycles. The lowest BCUT2D eigenvalue weighted by atomic mass is 10.1. The Hall–Kier alpha value is -3.43. The van der Waals surface area contributed by atoms with Crippen molar-refractivity contribution in [2.24, 2.45) is 0 Å². The highest BCUT2D eigenvalue weighted by molar-refractivity contribution is 5.97. The van der Waals surface area contributed by atoms with E-state index in [2.05, 4.69) is 10.5 Å². The third-order valence-corrected chi connectivity index (χ3v) is 3.48. The molecule has 0 radical (unpaired) electrons.